The van der Waals surface area contributed by atoms with Gasteiger partial charge in [0.1, 0.15) is 25.5 Å². The molecule has 0 bridgehead atoms. The van der Waals surface area contributed by atoms with Gasteiger partial charge in [0.05, 0.1) is 0 Å². The van der Waals surface area contributed by atoms with Gasteiger partial charge in [0.25, 0.3) is 0 Å². The molecule has 0 heterocycles. The van der Waals surface area contributed by atoms with Gasteiger partial charge < -0.3 is 14.8 Å². The van der Waals surface area contributed by atoms with Gasteiger partial charge in [0.2, 0.25) is 0 Å². The van der Waals surface area contributed by atoms with Crippen molar-refractivity contribution in [3.8, 4) is 5.75 Å². The van der Waals surface area contributed by atoms with Crippen LogP contribution in [0.5, 0.6) is 5.75 Å². The Kier molecular flexibility index (Phi) is 6.26. The van der Waals surface area contributed by atoms with Gasteiger partial charge >= 0.3 is 5.97 Å². The van der Waals surface area contributed by atoms with E-state index in [1.165, 1.54) is 0 Å². The zero-order chi connectivity index (χ0) is 18.0. The van der Waals surface area contributed by atoms with Gasteiger partial charge in [-0.15, -0.1) is 0 Å². The Morgan fingerprint density at radius 3 is 2.12 bits per heavy atom. The Hall–Kier alpha value is -3.27. The van der Waals surface area contributed by atoms with Crippen molar-refractivity contribution in [3.63, 3.8) is 0 Å². The summed E-state index contributed by atoms with van der Waals surface area (Å²) in [5.41, 5.74) is 2.89. The van der Waals surface area contributed by atoms with E-state index < -0.39 is 0 Å². The van der Waals surface area contributed by atoms with Gasteiger partial charge in [0, 0.05) is 11.8 Å². The standard InChI is InChI=1S/C22H21NO3/c24-22(26-17-19-10-5-2-6-11-19)15-23-20-12-7-13-21(14-20)25-16-18-8-3-1-4-9-18/h1-14,23H,15-17H2. The van der Waals surface area contributed by atoms with Crippen LogP contribution < -0.4 is 10.1 Å². The summed E-state index contributed by atoms with van der Waals surface area (Å²) >= 11 is 0. The lowest BCUT2D eigenvalue weighted by Gasteiger charge is -2.10. The van der Waals surface area contributed by atoms with Crippen LogP contribution in [-0.2, 0) is 22.7 Å². The molecule has 0 aliphatic heterocycles. The number of nitrogens with one attached hydrogen (secondary N) is 1. The van der Waals surface area contributed by atoms with E-state index in [1.54, 1.807) is 0 Å². The smallest absolute Gasteiger partial charge is 0.325 e. The molecule has 26 heavy (non-hydrogen) atoms. The normalized spacial score (nSPS) is 10.2. The monoisotopic (exact) mass is 347 g/mol. The maximum absolute atomic E-state index is 11.9. The molecule has 1 N–H and O–H groups in total. The molecule has 0 aromatic heterocycles. The molecule has 4 heteroatoms. The van der Waals surface area contributed by atoms with E-state index >= 15 is 0 Å². The van der Waals surface area contributed by atoms with Crippen LogP contribution in [0, 0.1) is 0 Å². The number of esters is 1. The van der Waals surface area contributed by atoms with E-state index in [9.17, 15) is 4.79 Å². The maximum atomic E-state index is 11.9. The van der Waals surface area contributed by atoms with Gasteiger partial charge in [-0.3, -0.25) is 4.79 Å². The molecule has 3 rings (SSSR count). The van der Waals surface area contributed by atoms with Crippen molar-refractivity contribution in [1.82, 2.24) is 0 Å². The van der Waals surface area contributed by atoms with Crippen molar-refractivity contribution in [2.75, 3.05) is 11.9 Å². The fourth-order valence-corrected chi connectivity index (χ4v) is 2.40. The lowest BCUT2D eigenvalue weighted by atomic mass is 10.2. The summed E-state index contributed by atoms with van der Waals surface area (Å²) in [6, 6.07) is 27.1. The van der Waals surface area contributed by atoms with Crippen LogP contribution in [0.3, 0.4) is 0 Å². The average molecular weight is 347 g/mol. The van der Waals surface area contributed by atoms with Crippen molar-refractivity contribution in [2.24, 2.45) is 0 Å². The van der Waals surface area contributed by atoms with E-state index in [0.29, 0.717) is 6.61 Å². The lowest BCUT2D eigenvalue weighted by Crippen LogP contribution is -2.16. The number of carbonyl (C=O) groups is 1. The molecule has 0 aliphatic rings. The van der Waals surface area contributed by atoms with E-state index in [2.05, 4.69) is 5.32 Å². The first kappa shape index (κ1) is 17.5. The lowest BCUT2D eigenvalue weighted by molar-refractivity contribution is -0.142. The summed E-state index contributed by atoms with van der Waals surface area (Å²) in [5.74, 6) is 0.445. The minimum atomic E-state index is -0.301. The number of anilines is 1. The van der Waals surface area contributed by atoms with Gasteiger partial charge in [-0.25, -0.2) is 0 Å². The highest BCUT2D eigenvalue weighted by Gasteiger charge is 2.04. The van der Waals surface area contributed by atoms with Crippen LogP contribution in [0.25, 0.3) is 0 Å². The fraction of sp³-hybridized carbons (Fsp3) is 0.136. The maximum Gasteiger partial charge on any atom is 0.325 e. The van der Waals surface area contributed by atoms with Crippen LogP contribution in [0.2, 0.25) is 0 Å². The highest BCUT2D eigenvalue weighted by molar-refractivity contribution is 5.75. The SMILES string of the molecule is O=C(CNc1cccc(OCc2ccccc2)c1)OCc1ccccc1. The Morgan fingerprint density at radius 1 is 0.769 bits per heavy atom. The zero-order valence-corrected chi connectivity index (χ0v) is 14.4. The number of rotatable bonds is 8. The first-order chi connectivity index (χ1) is 12.8. The second-order valence-corrected chi connectivity index (χ2v) is 5.80. The molecule has 0 amide bonds. The molecule has 3 aromatic carbocycles. The molecule has 3 aromatic rings. The molecule has 0 unspecified atom stereocenters. The van der Waals surface area contributed by atoms with Crippen LogP contribution in [0.15, 0.2) is 84.9 Å². The zero-order valence-electron chi connectivity index (χ0n) is 14.4. The Balaban J connectivity index is 1.45. The number of benzene rings is 3. The molecular formula is C22H21NO3. The van der Waals surface area contributed by atoms with Crippen molar-refractivity contribution < 1.29 is 14.3 Å². The van der Waals surface area contributed by atoms with Gasteiger partial charge in [-0.05, 0) is 23.3 Å². The van der Waals surface area contributed by atoms with E-state index in [0.717, 1.165) is 22.6 Å². The van der Waals surface area contributed by atoms with Crippen LogP contribution in [0.1, 0.15) is 11.1 Å². The first-order valence-electron chi connectivity index (χ1n) is 8.50. The van der Waals surface area contributed by atoms with Gasteiger partial charge in [-0.2, -0.15) is 0 Å². The third-order valence-electron chi connectivity index (χ3n) is 3.76. The third kappa shape index (κ3) is 5.67. The quantitative estimate of drug-likeness (QED) is 0.613. The number of carbonyl (C=O) groups excluding carboxylic acids is 1. The molecule has 0 saturated heterocycles. The summed E-state index contributed by atoms with van der Waals surface area (Å²) in [4.78, 5) is 11.9. The predicted octanol–water partition coefficient (Wildman–Crippen LogP) is 4.42. The molecule has 0 radical (unpaired) electrons. The summed E-state index contributed by atoms with van der Waals surface area (Å²) in [7, 11) is 0. The molecule has 0 atom stereocenters. The van der Waals surface area contributed by atoms with Crippen molar-refractivity contribution >= 4 is 11.7 Å². The molecule has 0 aliphatic carbocycles. The number of hydrogen-bond acceptors (Lipinski definition) is 4. The van der Waals surface area contributed by atoms with E-state index in [4.69, 9.17) is 9.47 Å². The minimum Gasteiger partial charge on any atom is -0.489 e. The Labute approximate surface area is 153 Å². The first-order valence-corrected chi connectivity index (χ1v) is 8.50. The highest BCUT2D eigenvalue weighted by Crippen LogP contribution is 2.18. The van der Waals surface area contributed by atoms with Gasteiger partial charge in [-0.1, -0.05) is 66.7 Å². The van der Waals surface area contributed by atoms with E-state index in [1.807, 2.05) is 84.9 Å². The molecule has 132 valence electrons. The van der Waals surface area contributed by atoms with Crippen molar-refractivity contribution in [1.29, 1.82) is 0 Å². The highest BCUT2D eigenvalue weighted by atomic mass is 16.5. The molecule has 0 saturated carbocycles. The number of hydrogen-bond donors (Lipinski definition) is 1. The van der Waals surface area contributed by atoms with Crippen molar-refractivity contribution in [2.45, 2.75) is 13.2 Å². The predicted molar refractivity (Wildman–Crippen MR) is 102 cm³/mol. The van der Waals surface area contributed by atoms with Gasteiger partial charge in [0.15, 0.2) is 0 Å². The van der Waals surface area contributed by atoms with Crippen molar-refractivity contribution in [3.05, 3.63) is 96.1 Å². The van der Waals surface area contributed by atoms with Crippen LogP contribution in [0.4, 0.5) is 5.69 Å². The second-order valence-electron chi connectivity index (χ2n) is 5.80. The largest absolute Gasteiger partial charge is 0.489 e. The summed E-state index contributed by atoms with van der Waals surface area (Å²) in [6.45, 7) is 0.889. The third-order valence-corrected chi connectivity index (χ3v) is 3.76. The summed E-state index contributed by atoms with van der Waals surface area (Å²) in [5, 5.41) is 3.06. The minimum absolute atomic E-state index is 0.106. The molecular weight excluding hydrogens is 326 g/mol. The second kappa shape index (κ2) is 9.28. The number of ether oxygens (including phenoxy) is 2. The summed E-state index contributed by atoms with van der Waals surface area (Å²) in [6.07, 6.45) is 0. The fourth-order valence-electron chi connectivity index (χ4n) is 2.40. The van der Waals surface area contributed by atoms with Crippen LogP contribution in [-0.4, -0.2) is 12.5 Å². The molecule has 0 spiro atoms. The Morgan fingerprint density at radius 2 is 1.42 bits per heavy atom. The molecule has 4 nitrogen and oxygen atoms in total. The van der Waals surface area contributed by atoms with Crippen LogP contribution >= 0.6 is 0 Å². The Bertz CT molecular complexity index is 819. The topological polar surface area (TPSA) is 47.6 Å². The van der Waals surface area contributed by atoms with E-state index in [-0.39, 0.29) is 19.1 Å². The summed E-state index contributed by atoms with van der Waals surface area (Å²) < 4.78 is 11.0. The average Bonchev–Trinajstić information content (AvgIpc) is 2.71. The molecule has 0 fully saturated rings.